The molecule has 0 aromatic heterocycles. The molecule has 0 spiro atoms. The molecule has 188 valence electrons. The molecule has 1 heterocycles. The van der Waals surface area contributed by atoms with Gasteiger partial charge < -0.3 is 19.1 Å². The van der Waals surface area contributed by atoms with Crippen LogP contribution >= 0.6 is 0 Å². The van der Waals surface area contributed by atoms with Crippen molar-refractivity contribution >= 4 is 11.9 Å². The van der Waals surface area contributed by atoms with Crippen molar-refractivity contribution in [3.63, 3.8) is 0 Å². The number of carbonyl (C=O) groups is 2. The maximum absolute atomic E-state index is 13.2. The largest absolute Gasteiger partial charge is 0.493 e. The molecule has 1 amide bonds. The number of amides is 1. The zero-order valence-electron chi connectivity index (χ0n) is 20.9. The summed E-state index contributed by atoms with van der Waals surface area (Å²) in [4.78, 5) is 27.0. The molecule has 0 bridgehead atoms. The van der Waals surface area contributed by atoms with Crippen molar-refractivity contribution in [1.29, 1.82) is 0 Å². The summed E-state index contributed by atoms with van der Waals surface area (Å²) < 4.78 is 17.0. The van der Waals surface area contributed by atoms with Crippen molar-refractivity contribution in [2.24, 2.45) is 5.92 Å². The molecule has 4 rings (SSSR count). The van der Waals surface area contributed by atoms with E-state index in [2.05, 4.69) is 12.1 Å². The van der Waals surface area contributed by atoms with E-state index < -0.39 is 0 Å². The molecule has 3 aromatic rings. The van der Waals surface area contributed by atoms with Gasteiger partial charge >= 0.3 is 5.97 Å². The molecule has 1 aliphatic rings. The van der Waals surface area contributed by atoms with Gasteiger partial charge in [-0.2, -0.15) is 0 Å². The fourth-order valence-electron chi connectivity index (χ4n) is 4.42. The van der Waals surface area contributed by atoms with Crippen molar-refractivity contribution in [3.8, 4) is 22.6 Å². The average Bonchev–Trinajstić information content (AvgIpc) is 2.93. The normalized spacial score (nSPS) is 13.8. The Labute approximate surface area is 212 Å². The van der Waals surface area contributed by atoms with Crippen LogP contribution in [0.3, 0.4) is 0 Å². The number of nitrogens with zero attached hydrogens (tertiary/aromatic N) is 1. The van der Waals surface area contributed by atoms with Crippen LogP contribution in [-0.2, 0) is 16.1 Å². The minimum Gasteiger partial charge on any atom is -0.493 e. The zero-order chi connectivity index (χ0) is 25.3. The van der Waals surface area contributed by atoms with E-state index in [0.717, 1.165) is 22.4 Å². The van der Waals surface area contributed by atoms with Crippen LogP contribution in [0.15, 0.2) is 72.8 Å². The minimum atomic E-state index is -0.165. The van der Waals surface area contributed by atoms with Crippen LogP contribution in [0.2, 0.25) is 0 Å². The van der Waals surface area contributed by atoms with Crippen LogP contribution < -0.4 is 9.47 Å². The van der Waals surface area contributed by atoms with Gasteiger partial charge in [0.25, 0.3) is 5.91 Å². The Balaban J connectivity index is 1.42. The summed E-state index contributed by atoms with van der Waals surface area (Å²) >= 11 is 0. The maximum atomic E-state index is 13.2. The predicted molar refractivity (Wildman–Crippen MR) is 139 cm³/mol. The highest BCUT2D eigenvalue weighted by Crippen LogP contribution is 2.27. The number of esters is 1. The first-order valence-electron chi connectivity index (χ1n) is 12.6. The summed E-state index contributed by atoms with van der Waals surface area (Å²) in [5.41, 5.74) is 3.68. The monoisotopic (exact) mass is 487 g/mol. The quantitative estimate of drug-likeness (QED) is 0.360. The van der Waals surface area contributed by atoms with Crippen molar-refractivity contribution in [2.45, 2.75) is 33.3 Å². The Kier molecular flexibility index (Phi) is 8.61. The zero-order valence-corrected chi connectivity index (χ0v) is 20.9. The van der Waals surface area contributed by atoms with Crippen molar-refractivity contribution < 1.29 is 23.8 Å². The number of ether oxygens (including phenoxy) is 3. The molecule has 0 radical (unpaired) electrons. The summed E-state index contributed by atoms with van der Waals surface area (Å²) in [7, 11) is 0. The van der Waals surface area contributed by atoms with E-state index in [1.54, 1.807) is 11.0 Å². The Morgan fingerprint density at radius 1 is 0.833 bits per heavy atom. The predicted octanol–water partition coefficient (Wildman–Crippen LogP) is 5.75. The van der Waals surface area contributed by atoms with Gasteiger partial charge in [-0.1, -0.05) is 42.5 Å². The van der Waals surface area contributed by atoms with E-state index in [1.807, 2.05) is 68.4 Å². The number of hydrogen-bond donors (Lipinski definition) is 0. The van der Waals surface area contributed by atoms with Crippen molar-refractivity contribution in [2.75, 3.05) is 26.3 Å². The second-order valence-electron chi connectivity index (χ2n) is 8.75. The van der Waals surface area contributed by atoms with Crippen LogP contribution in [0.5, 0.6) is 11.5 Å². The van der Waals surface area contributed by atoms with Crippen LogP contribution in [0.25, 0.3) is 11.1 Å². The fraction of sp³-hybridized carbons (Fsp3) is 0.333. The highest BCUT2D eigenvalue weighted by molar-refractivity contribution is 5.94. The summed E-state index contributed by atoms with van der Waals surface area (Å²) in [6.07, 6.45) is 1.24. The summed E-state index contributed by atoms with van der Waals surface area (Å²) in [5, 5.41) is 0. The van der Waals surface area contributed by atoms with Crippen molar-refractivity contribution in [1.82, 2.24) is 4.90 Å². The summed E-state index contributed by atoms with van der Waals surface area (Å²) in [6, 6.07) is 23.6. The molecular formula is C30H33NO5. The van der Waals surface area contributed by atoms with Gasteiger partial charge in [-0.05, 0) is 68.1 Å². The first-order chi connectivity index (χ1) is 17.6. The Morgan fingerprint density at radius 3 is 2.19 bits per heavy atom. The molecule has 0 aliphatic carbocycles. The van der Waals surface area contributed by atoms with E-state index in [0.29, 0.717) is 50.5 Å². The van der Waals surface area contributed by atoms with E-state index in [1.165, 1.54) is 0 Å². The summed E-state index contributed by atoms with van der Waals surface area (Å²) in [6.45, 7) is 6.00. The molecule has 0 atom stereocenters. The molecule has 0 unspecified atom stereocenters. The molecule has 1 fully saturated rings. The smallest absolute Gasteiger partial charge is 0.309 e. The van der Waals surface area contributed by atoms with Gasteiger partial charge in [-0.3, -0.25) is 9.59 Å². The van der Waals surface area contributed by atoms with Gasteiger partial charge in [0.1, 0.15) is 18.1 Å². The Hall–Kier alpha value is -3.80. The molecule has 3 aromatic carbocycles. The standard InChI is InChI=1S/C30H33NO5/c1-3-34-28-15-12-25(29(32)31-18-16-24(17-19-31)30(33)35-4-2)20-26(28)21-36-27-13-10-23(11-14-27)22-8-6-5-7-9-22/h5-15,20,24H,3-4,16-19,21H2,1-2H3. The Morgan fingerprint density at radius 2 is 1.53 bits per heavy atom. The van der Waals surface area contributed by atoms with Crippen molar-refractivity contribution in [3.05, 3.63) is 83.9 Å². The molecular weight excluding hydrogens is 454 g/mol. The van der Waals surface area contributed by atoms with Gasteiger partial charge in [0, 0.05) is 24.2 Å². The molecule has 1 aliphatic heterocycles. The third kappa shape index (κ3) is 6.25. The molecule has 36 heavy (non-hydrogen) atoms. The second-order valence-corrected chi connectivity index (χ2v) is 8.75. The number of likely N-dealkylation sites (tertiary alicyclic amines) is 1. The first kappa shape index (κ1) is 25.3. The minimum absolute atomic E-state index is 0.0474. The van der Waals surface area contributed by atoms with Gasteiger partial charge in [0.15, 0.2) is 0 Å². The van der Waals surface area contributed by atoms with Crippen LogP contribution in [0.4, 0.5) is 0 Å². The number of piperidine rings is 1. The van der Waals surface area contributed by atoms with E-state index in [-0.39, 0.29) is 24.4 Å². The van der Waals surface area contributed by atoms with E-state index in [4.69, 9.17) is 14.2 Å². The lowest BCUT2D eigenvalue weighted by atomic mass is 9.96. The highest BCUT2D eigenvalue weighted by atomic mass is 16.5. The number of rotatable bonds is 9. The third-order valence-corrected chi connectivity index (χ3v) is 6.37. The first-order valence-corrected chi connectivity index (χ1v) is 12.6. The lowest BCUT2D eigenvalue weighted by molar-refractivity contribution is -0.149. The van der Waals surface area contributed by atoms with Gasteiger partial charge in [-0.15, -0.1) is 0 Å². The van der Waals surface area contributed by atoms with Gasteiger partial charge in [0.2, 0.25) is 0 Å². The molecule has 1 saturated heterocycles. The third-order valence-electron chi connectivity index (χ3n) is 6.37. The lowest BCUT2D eigenvalue weighted by Crippen LogP contribution is -2.40. The molecule has 6 heteroatoms. The van der Waals surface area contributed by atoms with E-state index in [9.17, 15) is 9.59 Å². The fourth-order valence-corrected chi connectivity index (χ4v) is 4.42. The molecule has 6 nitrogen and oxygen atoms in total. The van der Waals surface area contributed by atoms with E-state index >= 15 is 0 Å². The number of carbonyl (C=O) groups excluding carboxylic acids is 2. The lowest BCUT2D eigenvalue weighted by Gasteiger charge is -2.31. The SMILES string of the molecule is CCOC(=O)C1CCN(C(=O)c2ccc(OCC)c(COc3ccc(-c4ccccc4)cc3)c2)CC1. The summed E-state index contributed by atoms with van der Waals surface area (Å²) in [5.74, 6) is 1.10. The van der Waals surface area contributed by atoms with Gasteiger partial charge in [0.05, 0.1) is 19.1 Å². The van der Waals surface area contributed by atoms with Gasteiger partial charge in [-0.25, -0.2) is 0 Å². The number of benzene rings is 3. The maximum Gasteiger partial charge on any atom is 0.309 e. The topological polar surface area (TPSA) is 65.1 Å². The number of hydrogen-bond acceptors (Lipinski definition) is 5. The molecule has 0 saturated carbocycles. The van der Waals surface area contributed by atoms with Crippen LogP contribution in [0, 0.1) is 5.92 Å². The van der Waals surface area contributed by atoms with Crippen LogP contribution in [0.1, 0.15) is 42.6 Å². The highest BCUT2D eigenvalue weighted by Gasteiger charge is 2.29. The van der Waals surface area contributed by atoms with Crippen LogP contribution in [-0.4, -0.2) is 43.1 Å². The second kappa shape index (κ2) is 12.2. The molecule has 0 N–H and O–H groups in total. The Bertz CT molecular complexity index is 1150. The average molecular weight is 488 g/mol.